The summed E-state index contributed by atoms with van der Waals surface area (Å²) in [5.41, 5.74) is 7.70. The number of aliphatic hydroxyl groups is 1. The molecule has 2 fully saturated rings. The Labute approximate surface area is 705 Å². The largest absolute Gasteiger partial charge is 0.373 e. The highest BCUT2D eigenvalue weighted by molar-refractivity contribution is 6.43. The Balaban J connectivity index is 0.000000261. The summed E-state index contributed by atoms with van der Waals surface area (Å²) in [6, 6.07) is 54.5. The fraction of sp³-hybridized carbons (Fsp3) is 0.281. The molecule has 0 saturated heterocycles. The topological polar surface area (TPSA) is 359 Å². The molecule has 119 heavy (non-hydrogen) atoms. The molecule has 0 spiro atoms. The van der Waals surface area contributed by atoms with E-state index in [4.69, 9.17) is 59.0 Å². The van der Waals surface area contributed by atoms with Crippen LogP contribution in [0.2, 0.25) is 15.1 Å². The fourth-order valence-corrected chi connectivity index (χ4v) is 10.3. The first-order valence-electron chi connectivity index (χ1n) is 37.6. The lowest BCUT2D eigenvalue weighted by atomic mass is 9.89. The number of halogens is 3. The van der Waals surface area contributed by atoms with Gasteiger partial charge in [0.1, 0.15) is 48.3 Å². The highest BCUT2D eigenvalue weighted by atomic mass is 35.5. The first-order chi connectivity index (χ1) is 57.2. The Hall–Kier alpha value is -12.5. The first kappa shape index (κ1) is 97.1. The molecule has 0 aliphatic heterocycles. The van der Waals surface area contributed by atoms with Crippen LogP contribution in [0, 0.1) is 11.8 Å². The van der Waals surface area contributed by atoms with E-state index in [1.54, 1.807) is 227 Å². The van der Waals surface area contributed by atoms with Gasteiger partial charge in [-0.1, -0.05) is 189 Å². The third kappa shape index (κ3) is 39.3. The molecule has 1 atom stereocenters. The Morgan fingerprint density at radius 1 is 0.445 bits per heavy atom. The second kappa shape index (κ2) is 55.2. The smallest absolute Gasteiger partial charge is 0.365 e. The Morgan fingerprint density at radius 2 is 0.832 bits per heavy atom. The molecular weight excluding hydrogens is 1590 g/mol. The average Bonchev–Trinajstić information content (AvgIpc) is 0.876. The van der Waals surface area contributed by atoms with Gasteiger partial charge in [-0.05, 0) is 219 Å². The van der Waals surface area contributed by atoms with Gasteiger partial charge in [0.15, 0.2) is 17.3 Å². The summed E-state index contributed by atoms with van der Waals surface area (Å²) in [6.07, 6.45) is 16.3. The van der Waals surface area contributed by atoms with Crippen molar-refractivity contribution in [1.29, 1.82) is 0 Å². The van der Waals surface area contributed by atoms with Crippen LogP contribution in [0.25, 0.3) is 0 Å². The fourth-order valence-electron chi connectivity index (χ4n) is 9.92. The van der Waals surface area contributed by atoms with Crippen LogP contribution in [0.5, 0.6) is 0 Å². The summed E-state index contributed by atoms with van der Waals surface area (Å²) in [4.78, 5) is 147. The number of aliphatic hydroxyl groups excluding tert-OH is 1. The molecule has 624 valence electrons. The number of benzene rings is 7. The van der Waals surface area contributed by atoms with Crippen LogP contribution in [0.4, 0.5) is 0 Å². The van der Waals surface area contributed by atoms with Gasteiger partial charge >= 0.3 is 35.8 Å². The van der Waals surface area contributed by atoms with E-state index in [1.807, 2.05) is 19.1 Å². The highest BCUT2D eigenvalue weighted by Crippen LogP contribution is 2.25. The summed E-state index contributed by atoms with van der Waals surface area (Å²) in [5.74, 6) is -2.76. The maximum Gasteiger partial charge on any atom is 0.365 e. The minimum atomic E-state index is -1.15. The summed E-state index contributed by atoms with van der Waals surface area (Å²) >= 11 is 17.4. The molecule has 0 radical (unpaired) electrons. The zero-order valence-corrected chi connectivity index (χ0v) is 69.6. The average molecular weight is 1680 g/mol. The number of hydrogen-bond acceptors (Lipinski definition) is 27. The van der Waals surface area contributed by atoms with Crippen LogP contribution in [-0.2, 0) is 53.0 Å². The number of allylic oxidation sites excluding steroid dienone is 4. The molecule has 27 nitrogen and oxygen atoms in total. The van der Waals surface area contributed by atoms with Crippen molar-refractivity contribution in [3.05, 3.63) is 272 Å². The minimum Gasteiger partial charge on any atom is -0.373 e. The number of Topliss-reactive ketones (excluding diaryl/α,β-unsaturated/α-hetero) is 3. The molecule has 0 bridgehead atoms. The van der Waals surface area contributed by atoms with E-state index in [0.717, 1.165) is 74.9 Å². The number of ether oxygens (including phenoxy) is 1. The minimum absolute atomic E-state index is 0.0257. The third-order valence-corrected chi connectivity index (χ3v) is 17.1. The standard InChI is InChI=1S/C22H20Cl2N2O2.C20H16N2O4.C18H16N2O4.C11H17NO3.C9H8ClNO2.C9H17NO3/c23-17-9-5-15(6-10-17)21(27)13-25-19-3-1-2-4-20(19)26-14-22(28)16-7-11-18(24)12-8-16;23-19(15-7-3-1-4-8-15)25-21-17-11-13-18(14-12-17)22-26-20(24)16-9-5-2-6-10-16;1-13(19-23-17(21)15-9-5-3-6-10-15)14(2)20-24-18(22)16-11-7-4-8-12-16;1-8(9(2)13)12-15-11(14)10-6-4-3-5-7-10;1-2-11-13-9(12)7-3-5-8(10)6-4-7;1-7(2)5-8(3)10-13-9(11)6-12-4/h5-12H,1-4,13-14H2;1-14,19,23H;3-12H,1-2H3;10H,3-7H2,1-2H3;2-6H,1H3;7H,5-6H2,1-4H3/b;;19-13+,20-14+;12-8-;11-2+;10-8+. The van der Waals surface area contributed by atoms with Crippen molar-refractivity contribution in [2.75, 3.05) is 26.8 Å². The molecular formula is C89H94Cl3N9O18. The zero-order valence-electron chi connectivity index (χ0n) is 67.3. The van der Waals surface area contributed by atoms with Gasteiger partial charge in [0.25, 0.3) is 6.29 Å². The molecule has 2 saturated carbocycles. The Morgan fingerprint density at radius 3 is 1.24 bits per heavy atom. The summed E-state index contributed by atoms with van der Waals surface area (Å²) < 4.78 is 4.57. The maximum atomic E-state index is 12.3. The van der Waals surface area contributed by atoms with Gasteiger partial charge < -0.3 is 43.7 Å². The van der Waals surface area contributed by atoms with E-state index in [9.17, 15) is 48.3 Å². The molecule has 1 unspecified atom stereocenters. The van der Waals surface area contributed by atoms with Crippen molar-refractivity contribution in [1.82, 2.24) is 0 Å². The highest BCUT2D eigenvalue weighted by Gasteiger charge is 2.24. The van der Waals surface area contributed by atoms with Gasteiger partial charge in [-0.25, -0.2) is 28.8 Å². The molecule has 10 rings (SSSR count). The lowest BCUT2D eigenvalue weighted by molar-refractivity contribution is -0.150. The van der Waals surface area contributed by atoms with Crippen molar-refractivity contribution in [2.45, 2.75) is 126 Å². The number of ketones is 3. The lowest BCUT2D eigenvalue weighted by Crippen LogP contribution is -2.22. The monoisotopic (exact) mass is 1680 g/mol. The Kier molecular flexibility index (Phi) is 45.0. The van der Waals surface area contributed by atoms with Gasteiger partial charge in [0.2, 0.25) is 0 Å². The van der Waals surface area contributed by atoms with E-state index < -0.39 is 36.1 Å². The number of carbonyl (C=O) groups excluding carboxylic acids is 9. The van der Waals surface area contributed by atoms with Gasteiger partial charge in [-0.15, -0.1) is 0 Å². The van der Waals surface area contributed by atoms with Gasteiger partial charge in [-0.3, -0.25) is 24.4 Å². The van der Waals surface area contributed by atoms with Crippen LogP contribution in [0.15, 0.2) is 265 Å². The van der Waals surface area contributed by atoms with E-state index in [1.165, 1.54) is 33.6 Å². The van der Waals surface area contributed by atoms with Crippen molar-refractivity contribution < 1.29 is 86.9 Å². The first-order valence-corrected chi connectivity index (χ1v) is 38.7. The molecule has 3 aliphatic carbocycles. The number of nitrogens with zero attached hydrogens (tertiary/aromatic N) is 9. The molecule has 7 aromatic rings. The molecule has 30 heteroatoms. The van der Waals surface area contributed by atoms with Crippen LogP contribution in [0.1, 0.15) is 194 Å². The number of rotatable bonds is 26. The van der Waals surface area contributed by atoms with E-state index in [2.05, 4.69) is 74.3 Å². The molecule has 7 aromatic carbocycles. The third-order valence-electron chi connectivity index (χ3n) is 16.4. The number of carbonyl (C=O) groups is 9. The van der Waals surface area contributed by atoms with E-state index in [0.29, 0.717) is 82.8 Å². The molecule has 1 N–H and O–H groups in total. The van der Waals surface area contributed by atoms with Crippen LogP contribution in [-0.4, -0.2) is 137 Å². The molecule has 0 amide bonds. The SMILES string of the molecule is C/C=N/OC(=O)c1ccc(Cl)cc1.CC(=N\OC(=O)c1ccccc1)/C(C)=N/OC(=O)c1ccccc1.CC(=O)/C(C)=N\OC(=O)C1CCCCC1.COCC(=O)O/N=C(\C)CC(C)C.O=C(CN=C1CCCCC1=NCC(=O)c1ccc(Cl)cc1)c1ccc(Cl)cc1.O=C(ON=C1C=CC(=NOC(O)c2ccccc2)C=C1)c1ccccc1. The lowest BCUT2D eigenvalue weighted by Gasteiger charge is -2.17. The maximum absolute atomic E-state index is 12.3. The summed E-state index contributed by atoms with van der Waals surface area (Å²) in [7, 11) is 1.44. The van der Waals surface area contributed by atoms with Crippen molar-refractivity contribution in [2.24, 2.45) is 57.9 Å². The molecule has 0 heterocycles. The van der Waals surface area contributed by atoms with Gasteiger partial charge in [-0.2, -0.15) is 0 Å². The number of aliphatic imine (C=N–C) groups is 2. The van der Waals surface area contributed by atoms with Gasteiger partial charge in [0, 0.05) is 52.0 Å². The zero-order chi connectivity index (χ0) is 86.7. The Bertz CT molecular complexity index is 4650. The predicted octanol–water partition coefficient (Wildman–Crippen LogP) is 18.5. The molecule has 0 aromatic heterocycles. The second-order valence-electron chi connectivity index (χ2n) is 26.3. The van der Waals surface area contributed by atoms with Gasteiger partial charge in [0.05, 0.1) is 45.3 Å². The van der Waals surface area contributed by atoms with Crippen molar-refractivity contribution in [3.63, 3.8) is 0 Å². The van der Waals surface area contributed by atoms with Crippen LogP contribution < -0.4 is 0 Å². The van der Waals surface area contributed by atoms with E-state index >= 15 is 0 Å². The second-order valence-corrected chi connectivity index (χ2v) is 27.6. The number of methoxy groups -OCH3 is 1. The van der Waals surface area contributed by atoms with Crippen LogP contribution >= 0.6 is 34.8 Å². The summed E-state index contributed by atoms with van der Waals surface area (Å²) in [6.45, 7) is 13.9. The summed E-state index contributed by atoms with van der Waals surface area (Å²) in [5, 5.41) is 37.3. The number of oxime groups is 7. The quantitative estimate of drug-likeness (QED) is 0.0131. The van der Waals surface area contributed by atoms with Crippen molar-refractivity contribution >= 4 is 140 Å². The predicted molar refractivity (Wildman–Crippen MR) is 460 cm³/mol. The number of hydrogen-bond donors (Lipinski definition) is 1. The van der Waals surface area contributed by atoms with E-state index in [-0.39, 0.29) is 54.6 Å². The van der Waals surface area contributed by atoms with Crippen molar-refractivity contribution in [3.8, 4) is 0 Å². The van der Waals surface area contributed by atoms with Crippen LogP contribution in [0.3, 0.4) is 0 Å². The molecule has 3 aliphatic rings. The normalized spacial score (nSPS) is 14.2.